The van der Waals surface area contributed by atoms with Crippen LogP contribution in [0.5, 0.6) is 5.75 Å². The number of hydrogen-bond acceptors (Lipinski definition) is 2. The van der Waals surface area contributed by atoms with E-state index < -0.39 is 6.10 Å². The maximum absolute atomic E-state index is 10.5. The van der Waals surface area contributed by atoms with Crippen molar-refractivity contribution in [3.63, 3.8) is 0 Å². The molecule has 4 heteroatoms. The Morgan fingerprint density at radius 3 is 2.70 bits per heavy atom. The summed E-state index contributed by atoms with van der Waals surface area (Å²) >= 11 is 8.29. The van der Waals surface area contributed by atoms with E-state index >= 15 is 0 Å². The molecule has 0 aromatic heterocycles. The van der Waals surface area contributed by atoms with Crippen molar-refractivity contribution in [2.75, 3.05) is 0 Å². The maximum atomic E-state index is 10.5. The van der Waals surface area contributed by atoms with Gasteiger partial charge in [0.05, 0.1) is 5.02 Å². The molecule has 0 amide bonds. The van der Waals surface area contributed by atoms with Crippen molar-refractivity contribution in [3.8, 4) is 5.75 Å². The summed E-state index contributed by atoms with van der Waals surface area (Å²) in [5, 5.41) is 11.2. The zero-order valence-electron chi connectivity index (χ0n) is 10.9. The van der Waals surface area contributed by atoms with Gasteiger partial charge < -0.3 is 9.84 Å². The summed E-state index contributed by atoms with van der Waals surface area (Å²) in [5.74, 6) is 0.925. The molecule has 1 N–H and O–H groups in total. The number of ether oxygens (including phenoxy) is 1. The molecular formula is C16H14ClIO2. The summed E-state index contributed by atoms with van der Waals surface area (Å²) in [5.41, 5.74) is 2.84. The molecule has 0 aliphatic carbocycles. The van der Waals surface area contributed by atoms with Crippen molar-refractivity contribution in [1.29, 1.82) is 0 Å². The molecular weight excluding hydrogens is 387 g/mol. The minimum atomic E-state index is -0.661. The topological polar surface area (TPSA) is 29.5 Å². The molecule has 2 aromatic rings. The minimum Gasteiger partial charge on any atom is -0.490 e. The fraction of sp³-hybridized carbons (Fsp3) is 0.250. The van der Waals surface area contributed by atoms with Crippen LogP contribution in [0.15, 0.2) is 36.4 Å². The lowest BCUT2D eigenvalue weighted by Gasteiger charge is -2.13. The molecule has 0 fully saturated rings. The predicted octanol–water partition coefficient (Wildman–Crippen LogP) is 4.35. The van der Waals surface area contributed by atoms with E-state index in [4.69, 9.17) is 16.3 Å². The van der Waals surface area contributed by atoms with Crippen LogP contribution >= 0.6 is 34.2 Å². The zero-order valence-corrected chi connectivity index (χ0v) is 13.9. The molecule has 1 aliphatic rings. The van der Waals surface area contributed by atoms with Gasteiger partial charge in [0.1, 0.15) is 18.0 Å². The van der Waals surface area contributed by atoms with Crippen LogP contribution in [0.3, 0.4) is 0 Å². The Kier molecular flexibility index (Phi) is 3.93. The van der Waals surface area contributed by atoms with Crippen molar-refractivity contribution < 1.29 is 9.84 Å². The van der Waals surface area contributed by atoms with Gasteiger partial charge in [-0.05, 0) is 70.5 Å². The first-order chi connectivity index (χ1) is 9.54. The van der Waals surface area contributed by atoms with Crippen molar-refractivity contribution in [1.82, 2.24) is 0 Å². The van der Waals surface area contributed by atoms with Crippen LogP contribution in [0.2, 0.25) is 5.02 Å². The number of aliphatic hydroxyl groups excluding tert-OH is 1. The minimum absolute atomic E-state index is 0.213. The van der Waals surface area contributed by atoms with Gasteiger partial charge in [-0.3, -0.25) is 0 Å². The first kappa shape index (κ1) is 14.2. The second kappa shape index (κ2) is 5.54. The summed E-state index contributed by atoms with van der Waals surface area (Å²) in [4.78, 5) is 0. The quantitative estimate of drug-likeness (QED) is 0.760. The Bertz CT molecular complexity index is 657. The summed E-state index contributed by atoms with van der Waals surface area (Å²) in [7, 11) is 0. The van der Waals surface area contributed by atoms with Crippen molar-refractivity contribution in [2.24, 2.45) is 0 Å². The van der Waals surface area contributed by atoms with Crippen LogP contribution in [-0.2, 0) is 6.42 Å². The third-order valence-electron chi connectivity index (χ3n) is 3.50. The normalized spacial score (nSPS) is 18.5. The van der Waals surface area contributed by atoms with Gasteiger partial charge in [-0.15, -0.1) is 0 Å². The molecule has 2 aromatic carbocycles. The number of fused-ring (bicyclic) bond motifs is 1. The monoisotopic (exact) mass is 400 g/mol. The summed E-state index contributed by atoms with van der Waals surface area (Å²) in [6.07, 6.45) is 0.444. The van der Waals surface area contributed by atoms with E-state index in [1.54, 1.807) is 0 Å². The lowest BCUT2D eigenvalue weighted by molar-refractivity contribution is 0.220. The van der Waals surface area contributed by atoms with Crippen LogP contribution < -0.4 is 4.74 Å². The van der Waals surface area contributed by atoms with E-state index in [1.807, 2.05) is 36.4 Å². The van der Waals surface area contributed by atoms with E-state index in [0.29, 0.717) is 5.02 Å². The largest absolute Gasteiger partial charge is 0.490 e. The maximum Gasteiger partial charge on any atom is 0.123 e. The smallest absolute Gasteiger partial charge is 0.123 e. The molecule has 1 aliphatic heterocycles. The number of hydrogen-bond donors (Lipinski definition) is 1. The Morgan fingerprint density at radius 2 is 1.95 bits per heavy atom. The average Bonchev–Trinajstić information content (AvgIpc) is 2.80. The molecule has 2 unspecified atom stereocenters. The first-order valence-corrected chi connectivity index (χ1v) is 7.93. The molecule has 0 radical (unpaired) electrons. The van der Waals surface area contributed by atoms with E-state index in [1.165, 1.54) is 0 Å². The number of benzene rings is 2. The van der Waals surface area contributed by atoms with Gasteiger partial charge in [-0.1, -0.05) is 23.7 Å². The molecule has 0 bridgehead atoms. The van der Waals surface area contributed by atoms with E-state index in [2.05, 4.69) is 29.5 Å². The lowest BCUT2D eigenvalue weighted by Crippen LogP contribution is -2.05. The Morgan fingerprint density at radius 1 is 1.25 bits per heavy atom. The Hall–Kier alpha value is -0.780. The molecule has 0 saturated carbocycles. The van der Waals surface area contributed by atoms with Crippen LogP contribution in [0.4, 0.5) is 0 Å². The second-order valence-electron chi connectivity index (χ2n) is 5.08. The Balaban J connectivity index is 1.93. The van der Waals surface area contributed by atoms with Gasteiger partial charge in [-0.2, -0.15) is 0 Å². The van der Waals surface area contributed by atoms with Crippen LogP contribution in [0.1, 0.15) is 29.7 Å². The highest BCUT2D eigenvalue weighted by Gasteiger charge is 2.21. The summed E-state index contributed by atoms with van der Waals surface area (Å²) < 4.78 is 6.66. The van der Waals surface area contributed by atoms with Gasteiger partial charge >= 0.3 is 0 Å². The predicted molar refractivity (Wildman–Crippen MR) is 88.5 cm³/mol. The van der Waals surface area contributed by atoms with Crippen LogP contribution in [-0.4, -0.2) is 11.2 Å². The molecule has 1 heterocycles. The second-order valence-corrected chi connectivity index (χ2v) is 6.65. The highest BCUT2D eigenvalue weighted by molar-refractivity contribution is 14.1. The molecule has 3 rings (SSSR count). The number of rotatable bonds is 2. The van der Waals surface area contributed by atoms with Crippen molar-refractivity contribution >= 4 is 34.2 Å². The fourth-order valence-corrected chi connectivity index (χ4v) is 3.01. The SMILES string of the molecule is CC1Cc2cc(C(O)c3ccc(I)c(Cl)c3)ccc2O1. The van der Waals surface area contributed by atoms with E-state index in [9.17, 15) is 5.11 Å². The Labute approximate surface area is 136 Å². The standard InChI is InChI=1S/C16H14ClIO2/c1-9-6-12-7-10(3-5-15(12)20-9)16(19)11-2-4-14(18)13(17)8-11/h2-5,7-9,16,19H,6H2,1H3. The highest BCUT2D eigenvalue weighted by Crippen LogP contribution is 2.33. The van der Waals surface area contributed by atoms with E-state index in [-0.39, 0.29) is 6.10 Å². The van der Waals surface area contributed by atoms with Gasteiger partial charge in [0.15, 0.2) is 0 Å². The number of aliphatic hydroxyl groups is 1. The molecule has 104 valence electrons. The fourth-order valence-electron chi connectivity index (χ4n) is 2.49. The highest BCUT2D eigenvalue weighted by atomic mass is 127. The average molecular weight is 401 g/mol. The van der Waals surface area contributed by atoms with Crippen molar-refractivity contribution in [2.45, 2.75) is 25.6 Å². The first-order valence-electron chi connectivity index (χ1n) is 6.47. The lowest BCUT2D eigenvalue weighted by atomic mass is 9.98. The van der Waals surface area contributed by atoms with E-state index in [0.717, 1.165) is 32.4 Å². The molecule has 20 heavy (non-hydrogen) atoms. The van der Waals surface area contributed by atoms with Gasteiger partial charge in [0.2, 0.25) is 0 Å². The van der Waals surface area contributed by atoms with Gasteiger partial charge in [0.25, 0.3) is 0 Å². The molecule has 0 spiro atoms. The summed E-state index contributed by atoms with van der Waals surface area (Å²) in [6.45, 7) is 2.05. The van der Waals surface area contributed by atoms with Crippen LogP contribution in [0.25, 0.3) is 0 Å². The van der Waals surface area contributed by atoms with Gasteiger partial charge in [-0.25, -0.2) is 0 Å². The zero-order chi connectivity index (χ0) is 14.3. The molecule has 2 atom stereocenters. The van der Waals surface area contributed by atoms with Crippen molar-refractivity contribution in [3.05, 3.63) is 61.7 Å². The summed E-state index contributed by atoms with van der Waals surface area (Å²) in [6, 6.07) is 11.5. The van der Waals surface area contributed by atoms with Gasteiger partial charge in [0, 0.05) is 9.99 Å². The van der Waals surface area contributed by atoms with Crippen LogP contribution in [0, 0.1) is 3.57 Å². The third-order valence-corrected chi connectivity index (χ3v) is 5.07. The molecule has 0 saturated heterocycles. The third kappa shape index (κ3) is 2.67. The number of halogens is 2. The molecule has 2 nitrogen and oxygen atoms in total.